The van der Waals surface area contributed by atoms with Gasteiger partial charge >= 0.3 is 276 Å². The Hall–Kier alpha value is -4.90. The zero-order valence-electron chi connectivity index (χ0n) is 34.7. The van der Waals surface area contributed by atoms with Crippen LogP contribution in [0, 0.1) is 5.92 Å². The van der Waals surface area contributed by atoms with Gasteiger partial charge < -0.3 is 10.1 Å². The zero-order chi connectivity index (χ0) is 42.2. The second kappa shape index (κ2) is 17.6. The van der Waals surface area contributed by atoms with E-state index >= 15 is 0 Å². The first-order valence-electron chi connectivity index (χ1n) is 20.9. The van der Waals surface area contributed by atoms with Crippen LogP contribution in [0.3, 0.4) is 0 Å². The molecule has 3 saturated heterocycles. The molecule has 8 rings (SSSR count). The number of anilines is 4. The minimum absolute atomic E-state index is 0.0652. The normalized spacial score (nSPS) is 18.3. The van der Waals surface area contributed by atoms with Crippen molar-refractivity contribution in [1.82, 2.24) is 39.9 Å². The van der Waals surface area contributed by atoms with Crippen molar-refractivity contribution in [2.24, 2.45) is 13.0 Å². The van der Waals surface area contributed by atoms with Crippen LogP contribution in [0.25, 0.3) is 21.9 Å². The van der Waals surface area contributed by atoms with Crippen LogP contribution in [0.1, 0.15) is 64.1 Å². The summed E-state index contributed by atoms with van der Waals surface area (Å²) in [7, 11) is 3.47. The van der Waals surface area contributed by atoms with Crippen LogP contribution in [0.15, 0.2) is 47.5 Å². The molecule has 16 nitrogen and oxygen atoms in total. The van der Waals surface area contributed by atoms with Gasteiger partial charge in [-0.15, -0.1) is 0 Å². The summed E-state index contributed by atoms with van der Waals surface area (Å²) in [4.78, 5) is 68.5. The number of fused-ring (bicyclic) bond motifs is 2. The Morgan fingerprint density at radius 3 is 2.50 bits per heavy atom. The third kappa shape index (κ3) is 8.39. The summed E-state index contributed by atoms with van der Waals surface area (Å²) in [6, 6.07) is 9.57. The fourth-order valence-electron chi connectivity index (χ4n) is 9.29. The van der Waals surface area contributed by atoms with E-state index in [9.17, 15) is 19.2 Å². The summed E-state index contributed by atoms with van der Waals surface area (Å²) in [5.41, 5.74) is 3.76. The van der Waals surface area contributed by atoms with Crippen molar-refractivity contribution in [3.8, 4) is 5.75 Å². The second-order valence-electron chi connectivity index (χ2n) is 16.6. The van der Waals surface area contributed by atoms with Gasteiger partial charge in [-0.05, 0) is 19.9 Å². The van der Waals surface area contributed by atoms with Gasteiger partial charge in [-0.1, -0.05) is 0 Å². The first kappa shape index (κ1) is 41.8. The molecule has 3 N–H and O–H groups in total. The van der Waals surface area contributed by atoms with Crippen LogP contribution in [0.4, 0.5) is 23.1 Å². The maximum absolute atomic E-state index is 13.2. The van der Waals surface area contributed by atoms with Crippen molar-refractivity contribution >= 4 is 95.8 Å². The number of likely N-dealkylation sites (N-methyl/N-ethyl adjacent to an activating group) is 1. The number of hydrogen-bond acceptors (Lipinski definition) is 12. The average molecular weight is 940 g/mol. The Morgan fingerprint density at radius 1 is 1.02 bits per heavy atom. The van der Waals surface area contributed by atoms with Gasteiger partial charge in [0.2, 0.25) is 0 Å². The number of amides is 3. The molecule has 1 unspecified atom stereocenters. The Labute approximate surface area is 360 Å². The maximum atomic E-state index is 13.2. The number of ether oxygens (including phenoxy) is 1. The monoisotopic (exact) mass is 939 g/mol. The van der Waals surface area contributed by atoms with Gasteiger partial charge in [-0.25, -0.2) is 0 Å². The molecule has 0 saturated carbocycles. The number of carbonyl (C=O) groups excluding carboxylic acids is 3. The summed E-state index contributed by atoms with van der Waals surface area (Å²) < 4.78 is 12.5. The molecule has 3 aliphatic heterocycles. The third-order valence-electron chi connectivity index (χ3n) is 12.6. The number of aryl methyl sites for hydroxylation is 1. The smallest absolute Gasteiger partial charge is 0.287 e. The molecule has 1 aromatic carbocycles. The molecule has 4 aromatic heterocycles. The number of hydrogen-bond donors (Lipinski definition) is 3. The quantitative estimate of drug-likeness (QED) is 0.145. The summed E-state index contributed by atoms with van der Waals surface area (Å²) >= 11 is 4.75. The van der Waals surface area contributed by atoms with Gasteiger partial charge in [0.25, 0.3) is 11.5 Å². The van der Waals surface area contributed by atoms with Crippen molar-refractivity contribution in [2.45, 2.75) is 70.4 Å². The number of nitrogens with zero attached hydrogens (tertiary/aromatic N) is 8. The van der Waals surface area contributed by atoms with Gasteiger partial charge in [-0.2, -0.15) is 0 Å². The van der Waals surface area contributed by atoms with E-state index in [2.05, 4.69) is 60.8 Å². The minimum Gasteiger partial charge on any atom is -0.287 e. The van der Waals surface area contributed by atoms with Crippen LogP contribution < -0.4 is 36.0 Å². The SMILES string of the molecule is CNC(=O)COc1cc2cc(Nc3nc(N4CCC([C@H](C)[In]5[CH2]CN(c6cccc7c(C8CCC(=O)NC8=O)nn(C)c67)C[CH2]5)CC4)ncc3Cl)cnc2n(C(C)C)c1=O. The summed E-state index contributed by atoms with van der Waals surface area (Å²) in [5.74, 6) is 0.616. The first-order valence-corrected chi connectivity index (χ1v) is 27.8. The molecule has 2 atom stereocenters. The Balaban J connectivity index is 0.894. The molecule has 3 aliphatic rings. The first-order chi connectivity index (χ1) is 28.9. The molecular formula is C42H51ClInN11O5. The topological polar surface area (TPSA) is 181 Å². The molecular weight excluding hydrogens is 889 g/mol. The molecule has 0 aliphatic carbocycles. The Kier molecular flexibility index (Phi) is 12.3. The van der Waals surface area contributed by atoms with Gasteiger partial charge in [-0.3, -0.25) is 14.2 Å². The molecule has 60 heavy (non-hydrogen) atoms. The van der Waals surface area contributed by atoms with Crippen LogP contribution in [0.5, 0.6) is 5.75 Å². The van der Waals surface area contributed by atoms with E-state index in [1.165, 1.54) is 21.1 Å². The number of piperidine rings is 2. The summed E-state index contributed by atoms with van der Waals surface area (Å²) in [5, 5.41) is 15.2. The van der Waals surface area contributed by atoms with Crippen LogP contribution >= 0.6 is 11.6 Å². The Morgan fingerprint density at radius 2 is 1.78 bits per heavy atom. The molecule has 5 aromatic rings. The van der Waals surface area contributed by atoms with E-state index in [-0.39, 0.29) is 41.7 Å². The van der Waals surface area contributed by atoms with Crippen LogP contribution in [-0.2, 0) is 21.4 Å². The van der Waals surface area contributed by atoms with Gasteiger partial charge in [0.1, 0.15) is 5.65 Å². The molecule has 18 heteroatoms. The Bertz CT molecular complexity index is 2510. The molecule has 3 fully saturated rings. The fourth-order valence-corrected chi connectivity index (χ4v) is 20.2. The predicted octanol–water partition coefficient (Wildman–Crippen LogP) is 5.32. The number of para-hydroxylation sites is 1. The van der Waals surface area contributed by atoms with Gasteiger partial charge in [0, 0.05) is 13.1 Å². The van der Waals surface area contributed by atoms with E-state index in [0.29, 0.717) is 52.3 Å². The fraction of sp³-hybridized carbons (Fsp3) is 0.476. The molecule has 3 amide bonds. The third-order valence-corrected chi connectivity index (χ3v) is 24.4. The standard InChI is InChI=1S/C25H31ClN7O3.C17H20N4O2.In/c1-5-16-6-8-32(9-7-16)25-29-13-19(26)22(31-25)30-18-10-17-11-20(36-14-21(34)27-4)24(35)33(15(2)3)23(17)28-12-18;1-4-21(5-2)13-8-6-7-11-15(19-20(3)16(11)13)12-9-10-14(22)18-17(12)23;/h5,10-13,15-16H,6-9,14H2,1-4H3,(H,27,34)(H,29,30,31);6-8,12H,1-2,4-5,9-10H2,3H3,(H,18,22,23);. The minimum atomic E-state index is -1.88. The van der Waals surface area contributed by atoms with Crippen molar-refractivity contribution < 1.29 is 19.1 Å². The molecule has 0 spiro atoms. The molecule has 7 heterocycles. The number of carbonyl (C=O) groups is 3. The number of benzene rings is 1. The molecule has 314 valence electrons. The second-order valence-corrected chi connectivity index (χ2v) is 27.6. The van der Waals surface area contributed by atoms with Crippen LogP contribution in [-0.4, -0.2) is 108 Å². The number of aromatic nitrogens is 6. The van der Waals surface area contributed by atoms with E-state index in [4.69, 9.17) is 26.4 Å². The van der Waals surface area contributed by atoms with Gasteiger partial charge in [0.15, 0.2) is 12.4 Å². The number of nitrogens with one attached hydrogen (secondary N) is 3. The van der Waals surface area contributed by atoms with E-state index in [1.54, 1.807) is 23.0 Å². The molecule has 0 bridgehead atoms. The number of imide groups is 1. The zero-order valence-corrected chi connectivity index (χ0v) is 38.8. The van der Waals surface area contributed by atoms with Crippen molar-refractivity contribution in [3.63, 3.8) is 0 Å². The van der Waals surface area contributed by atoms with Gasteiger partial charge in [0.05, 0.1) is 0 Å². The summed E-state index contributed by atoms with van der Waals surface area (Å²) in [6.07, 6.45) is 6.29. The molecule has 0 radical (unpaired) electrons. The number of halogens is 1. The van der Waals surface area contributed by atoms with Crippen molar-refractivity contribution in [3.05, 3.63) is 63.8 Å². The van der Waals surface area contributed by atoms with E-state index < -0.39 is 27.4 Å². The van der Waals surface area contributed by atoms with E-state index in [1.807, 2.05) is 31.6 Å². The van der Waals surface area contributed by atoms with E-state index in [0.717, 1.165) is 59.3 Å². The van der Waals surface area contributed by atoms with Crippen molar-refractivity contribution in [1.29, 1.82) is 0 Å². The number of rotatable bonds is 11. The van der Waals surface area contributed by atoms with Crippen LogP contribution in [0.2, 0.25) is 17.1 Å². The summed E-state index contributed by atoms with van der Waals surface area (Å²) in [6.45, 7) is 9.88. The number of pyridine rings is 2. The van der Waals surface area contributed by atoms with Crippen molar-refractivity contribution in [2.75, 3.05) is 55.0 Å². The average Bonchev–Trinajstić information content (AvgIpc) is 3.59. The predicted molar refractivity (Wildman–Crippen MR) is 234 cm³/mol.